The van der Waals surface area contributed by atoms with Gasteiger partial charge in [0.05, 0.1) is 12.6 Å². The van der Waals surface area contributed by atoms with Crippen LogP contribution in [0, 0.1) is 5.92 Å². The summed E-state index contributed by atoms with van der Waals surface area (Å²) >= 11 is 0. The van der Waals surface area contributed by atoms with Crippen molar-refractivity contribution in [3.8, 4) is 5.75 Å². The molecule has 3 aliphatic rings. The number of carbonyl (C=O) groups excluding carboxylic acids is 1. The van der Waals surface area contributed by atoms with Gasteiger partial charge in [-0.05, 0) is 80.6 Å². The summed E-state index contributed by atoms with van der Waals surface area (Å²) in [5.74, 6) is 1.42. The number of ether oxygens (including phenoxy) is 1. The van der Waals surface area contributed by atoms with Crippen LogP contribution in [0.1, 0.15) is 66.2 Å². The highest BCUT2D eigenvalue weighted by Gasteiger charge is 2.39. The van der Waals surface area contributed by atoms with Crippen molar-refractivity contribution in [1.82, 2.24) is 10.6 Å². The average Bonchev–Trinajstić information content (AvgIpc) is 3.58. The molecule has 2 aliphatic heterocycles. The number of hydrogen-bond acceptors (Lipinski definition) is 4. The fourth-order valence-corrected chi connectivity index (χ4v) is 4.75. The topological polar surface area (TPSA) is 62.4 Å². The first-order valence-electron chi connectivity index (χ1n) is 10.9. The molecule has 2 aromatic rings. The van der Waals surface area contributed by atoms with Gasteiger partial charge in [-0.1, -0.05) is 12.1 Å². The number of piperidine rings is 1. The zero-order valence-corrected chi connectivity index (χ0v) is 16.9. The molecule has 0 aromatic heterocycles. The third-order valence-electron chi connectivity index (χ3n) is 6.36. The minimum Gasteiger partial charge on any atom is -0.494 e. The van der Waals surface area contributed by atoms with Gasteiger partial charge in [-0.15, -0.1) is 0 Å². The fraction of sp³-hybridized carbons (Fsp3) is 0.458. The summed E-state index contributed by atoms with van der Waals surface area (Å²) in [5, 5.41) is 10.6. The first-order valence-corrected chi connectivity index (χ1v) is 10.9. The van der Waals surface area contributed by atoms with Crippen LogP contribution in [-0.4, -0.2) is 25.1 Å². The van der Waals surface area contributed by atoms with Gasteiger partial charge in [0, 0.05) is 29.3 Å². The zero-order valence-electron chi connectivity index (χ0n) is 16.9. The molecule has 1 unspecified atom stereocenters. The van der Waals surface area contributed by atoms with Crippen molar-refractivity contribution in [2.24, 2.45) is 5.92 Å². The summed E-state index contributed by atoms with van der Waals surface area (Å²) in [6.07, 6.45) is 4.55. The van der Waals surface area contributed by atoms with E-state index in [2.05, 4.69) is 52.3 Å². The Hall–Kier alpha value is -2.53. The van der Waals surface area contributed by atoms with Crippen molar-refractivity contribution in [2.75, 3.05) is 18.5 Å². The van der Waals surface area contributed by atoms with E-state index in [-0.39, 0.29) is 18.0 Å². The number of fused-ring (bicyclic) bond motifs is 3. The SMILES string of the molecule is CCOc1ccc(C2Nc3ccc(C(=O)NC4CC4)cc3[C@H]3NCCC[C@@H]23)cc1. The highest BCUT2D eigenvalue weighted by Crippen LogP contribution is 2.47. The van der Waals surface area contributed by atoms with Crippen LogP contribution < -0.4 is 20.7 Å². The molecule has 1 saturated heterocycles. The number of nitrogens with one attached hydrogen (secondary N) is 3. The molecule has 29 heavy (non-hydrogen) atoms. The molecule has 0 radical (unpaired) electrons. The molecule has 152 valence electrons. The Kier molecular flexibility index (Phi) is 4.92. The molecule has 2 heterocycles. The molecule has 3 atom stereocenters. The highest BCUT2D eigenvalue weighted by atomic mass is 16.5. The molecule has 5 nitrogen and oxygen atoms in total. The number of carbonyl (C=O) groups is 1. The molecule has 5 heteroatoms. The van der Waals surface area contributed by atoms with E-state index in [1.165, 1.54) is 24.0 Å². The summed E-state index contributed by atoms with van der Waals surface area (Å²) in [5.41, 5.74) is 4.40. The number of amides is 1. The summed E-state index contributed by atoms with van der Waals surface area (Å²) in [6, 6.07) is 15.5. The lowest BCUT2D eigenvalue weighted by atomic mass is 9.75. The molecule has 0 spiro atoms. The monoisotopic (exact) mass is 391 g/mol. The van der Waals surface area contributed by atoms with Gasteiger partial charge >= 0.3 is 0 Å². The number of hydrogen-bond donors (Lipinski definition) is 3. The lowest BCUT2D eigenvalue weighted by Crippen LogP contribution is -2.42. The van der Waals surface area contributed by atoms with Gasteiger partial charge < -0.3 is 20.7 Å². The number of rotatable bonds is 5. The Morgan fingerprint density at radius 1 is 1.10 bits per heavy atom. The maximum absolute atomic E-state index is 12.5. The van der Waals surface area contributed by atoms with Crippen molar-refractivity contribution in [3.63, 3.8) is 0 Å². The Bertz CT molecular complexity index is 891. The minimum absolute atomic E-state index is 0.0521. The lowest BCUT2D eigenvalue weighted by Gasteiger charge is -2.44. The molecule has 1 saturated carbocycles. The summed E-state index contributed by atoms with van der Waals surface area (Å²) in [4.78, 5) is 12.5. The van der Waals surface area contributed by atoms with Gasteiger partial charge in [-0.25, -0.2) is 0 Å². The van der Waals surface area contributed by atoms with Crippen molar-refractivity contribution in [3.05, 3.63) is 59.2 Å². The van der Waals surface area contributed by atoms with Crippen molar-refractivity contribution >= 4 is 11.6 Å². The molecule has 3 N–H and O–H groups in total. The normalized spacial score (nSPS) is 25.3. The smallest absolute Gasteiger partial charge is 0.251 e. The van der Waals surface area contributed by atoms with Gasteiger partial charge in [-0.3, -0.25) is 4.79 Å². The summed E-state index contributed by atoms with van der Waals surface area (Å²) in [6.45, 7) is 3.71. The van der Waals surface area contributed by atoms with Crippen LogP contribution in [0.15, 0.2) is 42.5 Å². The van der Waals surface area contributed by atoms with E-state index in [1.54, 1.807) is 0 Å². The molecule has 2 fully saturated rings. The predicted octanol–water partition coefficient (Wildman–Crippen LogP) is 4.19. The Labute approximate surface area is 172 Å². The maximum Gasteiger partial charge on any atom is 0.251 e. The van der Waals surface area contributed by atoms with E-state index in [9.17, 15) is 4.79 Å². The first kappa shape index (κ1) is 18.5. The van der Waals surface area contributed by atoms with Gasteiger partial charge in [0.15, 0.2) is 0 Å². The third kappa shape index (κ3) is 3.71. The molecular formula is C24H29N3O2. The van der Waals surface area contributed by atoms with E-state index in [0.29, 0.717) is 18.6 Å². The summed E-state index contributed by atoms with van der Waals surface area (Å²) in [7, 11) is 0. The van der Waals surface area contributed by atoms with Crippen LogP contribution in [0.25, 0.3) is 0 Å². The van der Waals surface area contributed by atoms with Crippen LogP contribution in [0.3, 0.4) is 0 Å². The second-order valence-corrected chi connectivity index (χ2v) is 8.41. The highest BCUT2D eigenvalue weighted by molar-refractivity contribution is 5.95. The molecule has 1 aliphatic carbocycles. The third-order valence-corrected chi connectivity index (χ3v) is 6.36. The Morgan fingerprint density at radius 2 is 1.93 bits per heavy atom. The molecule has 5 rings (SSSR count). The molecule has 2 aromatic carbocycles. The number of anilines is 1. The van der Waals surface area contributed by atoms with Crippen LogP contribution >= 0.6 is 0 Å². The van der Waals surface area contributed by atoms with Crippen LogP contribution in [0.5, 0.6) is 5.75 Å². The quantitative estimate of drug-likeness (QED) is 0.715. The Balaban J connectivity index is 1.44. The van der Waals surface area contributed by atoms with Crippen molar-refractivity contribution in [1.29, 1.82) is 0 Å². The predicted molar refractivity (Wildman–Crippen MR) is 114 cm³/mol. The van der Waals surface area contributed by atoms with Gasteiger partial charge in [0.25, 0.3) is 5.91 Å². The fourth-order valence-electron chi connectivity index (χ4n) is 4.75. The van der Waals surface area contributed by atoms with Crippen molar-refractivity contribution in [2.45, 2.75) is 50.7 Å². The standard InChI is InChI=1S/C24H29N3O2/c1-2-29-18-10-5-15(6-11-18)22-19-4-3-13-25-23(19)20-14-16(7-12-21(20)27-22)24(28)26-17-8-9-17/h5-7,10-12,14,17,19,22-23,25,27H,2-4,8-9,13H2,1H3,(H,26,28)/t19-,22?,23-/m0/s1. The van der Waals surface area contributed by atoms with E-state index < -0.39 is 0 Å². The van der Waals surface area contributed by atoms with Gasteiger partial charge in [0.2, 0.25) is 0 Å². The molecule has 0 bridgehead atoms. The second kappa shape index (κ2) is 7.71. The first-order chi connectivity index (χ1) is 14.2. The second-order valence-electron chi connectivity index (χ2n) is 8.41. The molecule has 1 amide bonds. The average molecular weight is 392 g/mol. The van der Waals surface area contributed by atoms with Crippen molar-refractivity contribution < 1.29 is 9.53 Å². The number of benzene rings is 2. The minimum atomic E-state index is 0.0521. The summed E-state index contributed by atoms with van der Waals surface area (Å²) < 4.78 is 5.61. The maximum atomic E-state index is 12.5. The van der Waals surface area contributed by atoms with Gasteiger partial charge in [0.1, 0.15) is 5.75 Å². The zero-order chi connectivity index (χ0) is 19.8. The van der Waals surface area contributed by atoms with E-state index in [0.717, 1.165) is 36.4 Å². The van der Waals surface area contributed by atoms with Gasteiger partial charge in [-0.2, -0.15) is 0 Å². The van der Waals surface area contributed by atoms with Crippen LogP contribution in [0.2, 0.25) is 0 Å². The van der Waals surface area contributed by atoms with E-state index in [1.807, 2.05) is 13.0 Å². The van der Waals surface area contributed by atoms with E-state index >= 15 is 0 Å². The molecular weight excluding hydrogens is 362 g/mol. The van der Waals surface area contributed by atoms with Crippen LogP contribution in [0.4, 0.5) is 5.69 Å². The van der Waals surface area contributed by atoms with E-state index in [4.69, 9.17) is 4.74 Å². The largest absolute Gasteiger partial charge is 0.494 e. The Morgan fingerprint density at radius 3 is 2.69 bits per heavy atom. The van der Waals surface area contributed by atoms with Crippen LogP contribution in [-0.2, 0) is 0 Å². The lowest BCUT2D eigenvalue weighted by molar-refractivity contribution is 0.0951.